The smallest absolute Gasteiger partial charge is 0.0931 e. The summed E-state index contributed by atoms with van der Waals surface area (Å²) < 4.78 is 1.99. The SMILES string of the molecule is CC(C)CNCC(Cc1ccc(Cl)s1)c1ccc(Br)cc1. The summed E-state index contributed by atoms with van der Waals surface area (Å²) in [4.78, 5) is 1.35. The lowest BCUT2D eigenvalue weighted by molar-refractivity contribution is 0.515. The highest BCUT2D eigenvalue weighted by Crippen LogP contribution is 2.28. The third-order valence-electron chi connectivity index (χ3n) is 3.36. The summed E-state index contributed by atoms with van der Waals surface area (Å²) in [7, 11) is 0. The van der Waals surface area contributed by atoms with Gasteiger partial charge in [-0.25, -0.2) is 0 Å². The predicted octanol–water partition coefficient (Wildman–Crippen LogP) is 5.74. The average Bonchev–Trinajstić information content (AvgIpc) is 2.84. The molecular formula is C17H21BrClNS. The van der Waals surface area contributed by atoms with Crippen LogP contribution in [-0.4, -0.2) is 13.1 Å². The zero-order valence-corrected chi connectivity index (χ0v) is 15.6. The minimum absolute atomic E-state index is 0.478. The van der Waals surface area contributed by atoms with E-state index in [4.69, 9.17) is 11.6 Å². The van der Waals surface area contributed by atoms with Crippen molar-refractivity contribution in [3.05, 3.63) is 55.6 Å². The van der Waals surface area contributed by atoms with Crippen LogP contribution in [0.3, 0.4) is 0 Å². The largest absolute Gasteiger partial charge is 0.316 e. The lowest BCUT2D eigenvalue weighted by Gasteiger charge is -2.18. The van der Waals surface area contributed by atoms with Crippen molar-refractivity contribution in [2.45, 2.75) is 26.2 Å². The number of benzene rings is 1. The van der Waals surface area contributed by atoms with Gasteiger partial charge in [0.25, 0.3) is 0 Å². The molecular weight excluding hydrogens is 366 g/mol. The van der Waals surface area contributed by atoms with E-state index in [2.05, 4.69) is 65.4 Å². The molecule has 0 aliphatic rings. The van der Waals surface area contributed by atoms with Crippen molar-refractivity contribution in [2.24, 2.45) is 5.92 Å². The lowest BCUT2D eigenvalue weighted by atomic mass is 9.95. The van der Waals surface area contributed by atoms with Crippen molar-refractivity contribution in [2.75, 3.05) is 13.1 Å². The molecule has 114 valence electrons. The molecule has 0 spiro atoms. The van der Waals surface area contributed by atoms with Gasteiger partial charge in [-0.15, -0.1) is 11.3 Å². The van der Waals surface area contributed by atoms with Crippen molar-refractivity contribution in [3.8, 4) is 0 Å². The maximum Gasteiger partial charge on any atom is 0.0931 e. The van der Waals surface area contributed by atoms with Crippen LogP contribution in [0.4, 0.5) is 0 Å². The van der Waals surface area contributed by atoms with Gasteiger partial charge in [0, 0.05) is 21.8 Å². The molecule has 4 heteroatoms. The van der Waals surface area contributed by atoms with Gasteiger partial charge in [-0.2, -0.15) is 0 Å². The highest BCUT2D eigenvalue weighted by molar-refractivity contribution is 9.10. The first-order valence-electron chi connectivity index (χ1n) is 7.25. The highest BCUT2D eigenvalue weighted by atomic mass is 79.9. The third kappa shape index (κ3) is 5.74. The Morgan fingerprint density at radius 3 is 2.38 bits per heavy atom. The summed E-state index contributed by atoms with van der Waals surface area (Å²) in [6.45, 7) is 6.52. The number of nitrogens with one attached hydrogen (secondary N) is 1. The van der Waals surface area contributed by atoms with E-state index in [-0.39, 0.29) is 0 Å². The average molecular weight is 387 g/mol. The van der Waals surface area contributed by atoms with Crippen LogP contribution in [0.15, 0.2) is 40.9 Å². The molecule has 0 bridgehead atoms. The molecule has 0 saturated carbocycles. The zero-order chi connectivity index (χ0) is 15.2. The van der Waals surface area contributed by atoms with E-state index in [0.717, 1.165) is 28.3 Å². The van der Waals surface area contributed by atoms with Gasteiger partial charge in [-0.05, 0) is 48.7 Å². The molecule has 1 N–H and O–H groups in total. The summed E-state index contributed by atoms with van der Waals surface area (Å²) in [6, 6.07) is 12.8. The van der Waals surface area contributed by atoms with Gasteiger partial charge in [-0.1, -0.05) is 53.5 Å². The summed E-state index contributed by atoms with van der Waals surface area (Å²) in [6.07, 6.45) is 1.03. The molecule has 0 saturated heterocycles. The van der Waals surface area contributed by atoms with Crippen molar-refractivity contribution in [1.82, 2.24) is 5.32 Å². The van der Waals surface area contributed by atoms with E-state index in [1.165, 1.54) is 10.4 Å². The van der Waals surface area contributed by atoms with E-state index in [1.807, 2.05) is 6.07 Å². The molecule has 1 atom stereocenters. The topological polar surface area (TPSA) is 12.0 Å². The number of hydrogen-bond acceptors (Lipinski definition) is 2. The summed E-state index contributed by atoms with van der Waals surface area (Å²) in [5, 5.41) is 3.58. The first kappa shape index (κ1) is 17.0. The highest BCUT2D eigenvalue weighted by Gasteiger charge is 2.14. The first-order chi connectivity index (χ1) is 10.0. The second-order valence-corrected chi connectivity index (χ2v) is 8.43. The van der Waals surface area contributed by atoms with Crippen LogP contribution < -0.4 is 5.32 Å². The van der Waals surface area contributed by atoms with Crippen LogP contribution in [-0.2, 0) is 6.42 Å². The molecule has 0 aliphatic carbocycles. The molecule has 2 rings (SSSR count). The minimum Gasteiger partial charge on any atom is -0.316 e. The Labute approximate surface area is 144 Å². The molecule has 1 unspecified atom stereocenters. The molecule has 0 amide bonds. The van der Waals surface area contributed by atoms with E-state index in [9.17, 15) is 0 Å². The van der Waals surface area contributed by atoms with Crippen LogP contribution in [0, 0.1) is 5.92 Å². The van der Waals surface area contributed by atoms with Gasteiger partial charge in [0.1, 0.15) is 0 Å². The van der Waals surface area contributed by atoms with Gasteiger partial charge < -0.3 is 5.32 Å². The molecule has 0 aliphatic heterocycles. The van der Waals surface area contributed by atoms with Crippen molar-refractivity contribution < 1.29 is 0 Å². The second-order valence-electron chi connectivity index (χ2n) is 5.71. The molecule has 1 nitrogen and oxygen atoms in total. The Morgan fingerprint density at radius 2 is 1.81 bits per heavy atom. The maximum absolute atomic E-state index is 6.05. The Kier molecular flexibility index (Phi) is 6.74. The predicted molar refractivity (Wildman–Crippen MR) is 97.6 cm³/mol. The van der Waals surface area contributed by atoms with Crippen LogP contribution in [0.1, 0.15) is 30.2 Å². The van der Waals surface area contributed by atoms with Gasteiger partial charge in [0.05, 0.1) is 4.34 Å². The fraction of sp³-hybridized carbons (Fsp3) is 0.412. The maximum atomic E-state index is 6.05. The molecule has 0 fully saturated rings. The minimum atomic E-state index is 0.478. The quantitative estimate of drug-likeness (QED) is 0.640. The van der Waals surface area contributed by atoms with Crippen molar-refractivity contribution in [3.63, 3.8) is 0 Å². The van der Waals surface area contributed by atoms with E-state index in [0.29, 0.717) is 11.8 Å². The normalized spacial score (nSPS) is 12.8. The summed E-state index contributed by atoms with van der Waals surface area (Å²) in [5.74, 6) is 1.15. The first-order valence-corrected chi connectivity index (χ1v) is 9.23. The molecule has 1 aromatic carbocycles. The molecule has 1 heterocycles. The monoisotopic (exact) mass is 385 g/mol. The Balaban J connectivity index is 2.07. The van der Waals surface area contributed by atoms with Crippen LogP contribution >= 0.6 is 38.9 Å². The Hall–Kier alpha value is -0.350. The standard InChI is InChI=1S/C17H21BrClNS/c1-12(2)10-20-11-14(9-16-7-8-17(19)21-16)13-3-5-15(18)6-4-13/h3-8,12,14,20H,9-11H2,1-2H3. The zero-order valence-electron chi connectivity index (χ0n) is 12.4. The number of halogens is 2. The number of thiophene rings is 1. The molecule has 2 aromatic rings. The lowest BCUT2D eigenvalue weighted by Crippen LogP contribution is -2.26. The van der Waals surface area contributed by atoms with E-state index in [1.54, 1.807) is 11.3 Å². The second kappa shape index (κ2) is 8.33. The van der Waals surface area contributed by atoms with Gasteiger partial charge in [-0.3, -0.25) is 0 Å². The van der Waals surface area contributed by atoms with Crippen molar-refractivity contribution in [1.29, 1.82) is 0 Å². The van der Waals surface area contributed by atoms with E-state index < -0.39 is 0 Å². The van der Waals surface area contributed by atoms with Gasteiger partial charge in [0.2, 0.25) is 0 Å². The van der Waals surface area contributed by atoms with Crippen molar-refractivity contribution >= 4 is 38.9 Å². The Bertz CT molecular complexity index is 550. The number of rotatable bonds is 7. The van der Waals surface area contributed by atoms with Crippen LogP contribution in [0.25, 0.3) is 0 Å². The molecule has 1 aromatic heterocycles. The fourth-order valence-corrected chi connectivity index (χ4v) is 3.73. The van der Waals surface area contributed by atoms with Crippen LogP contribution in [0.5, 0.6) is 0 Å². The van der Waals surface area contributed by atoms with E-state index >= 15 is 0 Å². The van der Waals surface area contributed by atoms with Gasteiger partial charge >= 0.3 is 0 Å². The van der Waals surface area contributed by atoms with Gasteiger partial charge in [0.15, 0.2) is 0 Å². The third-order valence-corrected chi connectivity index (χ3v) is 5.14. The summed E-state index contributed by atoms with van der Waals surface area (Å²) >= 11 is 11.2. The Morgan fingerprint density at radius 1 is 1.10 bits per heavy atom. The number of hydrogen-bond donors (Lipinski definition) is 1. The summed E-state index contributed by atoms with van der Waals surface area (Å²) in [5.41, 5.74) is 1.37. The van der Waals surface area contributed by atoms with Crippen LogP contribution in [0.2, 0.25) is 4.34 Å². The fourth-order valence-electron chi connectivity index (χ4n) is 2.29. The molecule has 0 radical (unpaired) electrons. The molecule has 21 heavy (non-hydrogen) atoms.